The van der Waals surface area contributed by atoms with Crippen LogP contribution in [0.4, 0.5) is 0 Å². The first-order valence-corrected chi connectivity index (χ1v) is 17.1. The number of imidazole rings is 1. The van der Waals surface area contributed by atoms with Gasteiger partial charge in [-0.15, -0.1) is 0 Å². The van der Waals surface area contributed by atoms with Crippen molar-refractivity contribution < 1.29 is 14.3 Å². The van der Waals surface area contributed by atoms with Crippen LogP contribution in [0.5, 0.6) is 5.88 Å². The van der Waals surface area contributed by atoms with Crippen LogP contribution in [0.1, 0.15) is 36.9 Å². The number of benzene rings is 2. The molecule has 0 bridgehead atoms. The second kappa shape index (κ2) is 14.5. The first kappa shape index (κ1) is 33.0. The molecule has 5 heterocycles. The van der Waals surface area contributed by atoms with E-state index in [4.69, 9.17) is 32.9 Å². The fourth-order valence-electron chi connectivity index (χ4n) is 6.43. The zero-order valence-corrected chi connectivity index (χ0v) is 28.4. The summed E-state index contributed by atoms with van der Waals surface area (Å²) in [5.41, 5.74) is 7.02. The minimum atomic E-state index is 0.0989. The van der Waals surface area contributed by atoms with Gasteiger partial charge < -0.3 is 26.0 Å². The minimum Gasteiger partial charge on any atom is -0.481 e. The Bertz CT molecular complexity index is 2030. The second-order valence-corrected chi connectivity index (χ2v) is 13.1. The number of nitrogens with one attached hydrogen (secondary N) is 4. The molecule has 13 heteroatoms. The van der Waals surface area contributed by atoms with Gasteiger partial charge in [0.15, 0.2) is 5.65 Å². The van der Waals surface area contributed by atoms with Gasteiger partial charge in [-0.2, -0.15) is 0 Å². The molecule has 4 N–H and O–H groups in total. The van der Waals surface area contributed by atoms with E-state index in [-0.39, 0.29) is 23.9 Å². The third kappa shape index (κ3) is 7.11. The molecule has 2 aliphatic rings. The van der Waals surface area contributed by atoms with Crippen LogP contribution in [-0.4, -0.2) is 63.4 Å². The number of ether oxygens (including phenoxy) is 1. The van der Waals surface area contributed by atoms with Crippen LogP contribution in [0.15, 0.2) is 67.1 Å². The van der Waals surface area contributed by atoms with Crippen molar-refractivity contribution in [2.75, 3.05) is 20.2 Å². The van der Waals surface area contributed by atoms with E-state index in [2.05, 4.69) is 31.2 Å². The van der Waals surface area contributed by atoms with E-state index in [0.29, 0.717) is 66.3 Å². The molecule has 2 saturated heterocycles. The van der Waals surface area contributed by atoms with Crippen LogP contribution < -0.4 is 26.0 Å². The van der Waals surface area contributed by atoms with Crippen LogP contribution in [-0.2, 0) is 22.7 Å². The molecule has 0 saturated carbocycles. The Kier molecular flexibility index (Phi) is 9.77. The van der Waals surface area contributed by atoms with Crippen molar-refractivity contribution in [3.8, 4) is 39.5 Å². The van der Waals surface area contributed by atoms with Crippen molar-refractivity contribution in [1.82, 2.24) is 40.6 Å². The van der Waals surface area contributed by atoms with E-state index < -0.39 is 0 Å². The summed E-state index contributed by atoms with van der Waals surface area (Å²) >= 11 is 14.2. The number of rotatable bonds is 12. The predicted molar refractivity (Wildman–Crippen MR) is 189 cm³/mol. The van der Waals surface area contributed by atoms with Crippen molar-refractivity contribution in [3.63, 3.8) is 0 Å². The van der Waals surface area contributed by atoms with Gasteiger partial charge in [0, 0.05) is 85.1 Å². The average molecular weight is 700 g/mol. The lowest BCUT2D eigenvalue weighted by Gasteiger charge is -2.15. The van der Waals surface area contributed by atoms with Crippen molar-refractivity contribution >= 4 is 40.7 Å². The summed E-state index contributed by atoms with van der Waals surface area (Å²) in [4.78, 5) is 37.0. The normalized spacial score (nSPS) is 17.4. The summed E-state index contributed by atoms with van der Waals surface area (Å²) < 4.78 is 7.65. The first-order valence-electron chi connectivity index (χ1n) is 16.3. The zero-order valence-electron chi connectivity index (χ0n) is 26.9. The molecule has 2 amide bonds. The molecule has 7 rings (SSSR count). The second-order valence-electron chi connectivity index (χ2n) is 12.3. The maximum Gasteiger partial charge on any atom is 0.220 e. The molecule has 2 aromatic carbocycles. The zero-order chi connectivity index (χ0) is 33.9. The maximum absolute atomic E-state index is 11.5. The number of aromatic nitrogens is 4. The van der Waals surface area contributed by atoms with Crippen LogP contribution >= 0.6 is 23.2 Å². The highest BCUT2D eigenvalue weighted by atomic mass is 35.5. The molecule has 49 heavy (non-hydrogen) atoms. The number of halogens is 2. The topological polar surface area (TPSA) is 135 Å². The van der Waals surface area contributed by atoms with Gasteiger partial charge in [-0.3, -0.25) is 19.0 Å². The fraction of sp³-hybridized carbons (Fsp3) is 0.306. The predicted octanol–water partition coefficient (Wildman–Crippen LogP) is 5.18. The van der Waals surface area contributed by atoms with Gasteiger partial charge >= 0.3 is 0 Å². The van der Waals surface area contributed by atoms with Crippen LogP contribution in [0.3, 0.4) is 0 Å². The number of methoxy groups -OCH3 is 1. The number of carbonyl (C=O) groups is 2. The van der Waals surface area contributed by atoms with Crippen molar-refractivity contribution in [3.05, 3.63) is 88.4 Å². The Morgan fingerprint density at radius 3 is 2.02 bits per heavy atom. The monoisotopic (exact) mass is 698 g/mol. The lowest BCUT2D eigenvalue weighted by Crippen LogP contribution is -2.35. The minimum absolute atomic E-state index is 0.0989. The Hall–Kier alpha value is -4.55. The van der Waals surface area contributed by atoms with E-state index in [9.17, 15) is 9.59 Å². The van der Waals surface area contributed by atoms with Crippen molar-refractivity contribution in [1.29, 1.82) is 0 Å². The number of fused-ring (bicyclic) bond motifs is 1. The molecule has 2 aliphatic heterocycles. The third-order valence-electron chi connectivity index (χ3n) is 9.02. The summed E-state index contributed by atoms with van der Waals surface area (Å²) in [7, 11) is 1.60. The quantitative estimate of drug-likeness (QED) is 0.140. The number of pyridine rings is 1. The molecule has 2 atom stereocenters. The molecule has 2 unspecified atom stereocenters. The average Bonchev–Trinajstić information content (AvgIpc) is 3.84. The van der Waals surface area contributed by atoms with Crippen molar-refractivity contribution in [2.45, 2.75) is 50.9 Å². The Morgan fingerprint density at radius 2 is 1.41 bits per heavy atom. The Labute approximate surface area is 293 Å². The molecule has 3 aromatic heterocycles. The Balaban J connectivity index is 1.11. The van der Waals surface area contributed by atoms with Gasteiger partial charge in [0.1, 0.15) is 0 Å². The molecular formula is C36H36Cl2N8O3. The molecule has 0 aliphatic carbocycles. The number of hydrogen-bond donors (Lipinski definition) is 4. The number of nitrogens with zero attached hydrogens (tertiary/aromatic N) is 4. The summed E-state index contributed by atoms with van der Waals surface area (Å²) in [6.07, 6.45) is 8.33. The molecule has 0 radical (unpaired) electrons. The molecule has 0 spiro atoms. The largest absolute Gasteiger partial charge is 0.481 e. The van der Waals surface area contributed by atoms with E-state index in [1.807, 2.05) is 65.3 Å². The number of hydrogen-bond acceptors (Lipinski definition) is 8. The molecule has 2 fully saturated rings. The highest BCUT2D eigenvalue weighted by Crippen LogP contribution is 2.42. The van der Waals surface area contributed by atoms with Gasteiger partial charge in [0.05, 0.1) is 46.6 Å². The third-order valence-corrected chi connectivity index (χ3v) is 9.83. The van der Waals surface area contributed by atoms with E-state index >= 15 is 0 Å². The van der Waals surface area contributed by atoms with Gasteiger partial charge in [-0.1, -0.05) is 65.7 Å². The lowest BCUT2D eigenvalue weighted by molar-refractivity contribution is -0.120. The number of carbonyl (C=O) groups excluding carboxylic acids is 2. The summed E-state index contributed by atoms with van der Waals surface area (Å²) in [5.74, 6) is 0.706. The van der Waals surface area contributed by atoms with Gasteiger partial charge in [0.25, 0.3) is 0 Å². The summed E-state index contributed by atoms with van der Waals surface area (Å²) in [6.45, 7) is 2.51. The molecule has 252 valence electrons. The summed E-state index contributed by atoms with van der Waals surface area (Å²) in [5, 5.41) is 13.8. The highest BCUT2D eigenvalue weighted by Gasteiger charge is 2.22. The first-order chi connectivity index (χ1) is 23.9. The van der Waals surface area contributed by atoms with E-state index in [1.165, 1.54) is 0 Å². The van der Waals surface area contributed by atoms with Gasteiger partial charge in [0.2, 0.25) is 17.7 Å². The molecule has 5 aromatic rings. The number of amides is 2. The van der Waals surface area contributed by atoms with Crippen LogP contribution in [0.2, 0.25) is 10.0 Å². The van der Waals surface area contributed by atoms with E-state index in [0.717, 1.165) is 52.0 Å². The van der Waals surface area contributed by atoms with Crippen molar-refractivity contribution in [2.24, 2.45) is 0 Å². The highest BCUT2D eigenvalue weighted by molar-refractivity contribution is 6.39. The fourth-order valence-corrected chi connectivity index (χ4v) is 7.08. The van der Waals surface area contributed by atoms with Gasteiger partial charge in [-0.05, 0) is 18.9 Å². The van der Waals surface area contributed by atoms with Crippen LogP contribution in [0.25, 0.3) is 39.3 Å². The maximum atomic E-state index is 11.5. The lowest BCUT2D eigenvalue weighted by atomic mass is 9.98. The molecular weight excluding hydrogens is 663 g/mol. The SMILES string of the molecule is COc1nc(-c2cccc(-c3cccc(-c4cn5c(CNCC6CCC(=O)N6)cnc5cn4)c3Cl)c2Cl)ccc1CNCC1CCC(=O)N1. The standard InChI is InChI=1S/C36H36Cl2N8O3/c1-49-36-21(14-39-15-22-9-12-32(47)43-22)8-11-29(45-36)27-6-2-4-25(34(27)37)26-5-3-7-28(35(26)38)30-20-46-24(18-42-31(46)19-41-30)17-40-16-23-10-13-33(48)44-23/h2-8,11,18-20,22-23,39-40H,9-10,12-17H2,1H3,(H,43,47)(H,44,48). The van der Waals surface area contributed by atoms with E-state index in [1.54, 1.807) is 13.3 Å². The molecule has 11 nitrogen and oxygen atoms in total. The smallest absolute Gasteiger partial charge is 0.220 e. The Morgan fingerprint density at radius 1 is 0.796 bits per heavy atom. The van der Waals surface area contributed by atoms with Gasteiger partial charge in [-0.25, -0.2) is 9.97 Å². The van der Waals surface area contributed by atoms with Crippen LogP contribution in [0, 0.1) is 0 Å². The summed E-state index contributed by atoms with van der Waals surface area (Å²) in [6, 6.07) is 15.8.